The molecule has 1 fully saturated rings. The number of hydrogen-bond acceptors (Lipinski definition) is 7. The fourth-order valence-corrected chi connectivity index (χ4v) is 3.11. The summed E-state index contributed by atoms with van der Waals surface area (Å²) in [4.78, 5) is 4.39. The van der Waals surface area contributed by atoms with Crippen LogP contribution in [0.5, 0.6) is 0 Å². The molecule has 0 saturated heterocycles. The Labute approximate surface area is 144 Å². The maximum Gasteiger partial charge on any atom is 0.277 e. The van der Waals surface area contributed by atoms with Gasteiger partial charge in [-0.05, 0) is 24.3 Å². The fraction of sp³-hybridized carbons (Fsp3) is 0.412. The van der Waals surface area contributed by atoms with Crippen LogP contribution in [0.1, 0.15) is 54.8 Å². The highest BCUT2D eigenvalue weighted by Gasteiger charge is 2.29. The lowest BCUT2D eigenvalue weighted by molar-refractivity contribution is 0.375. The van der Waals surface area contributed by atoms with E-state index in [2.05, 4.69) is 39.4 Å². The van der Waals surface area contributed by atoms with Gasteiger partial charge in [0, 0.05) is 12.3 Å². The number of aromatic nitrogens is 4. The van der Waals surface area contributed by atoms with Crippen molar-refractivity contribution in [3.05, 3.63) is 53.5 Å². The van der Waals surface area contributed by atoms with Crippen LogP contribution in [0.4, 0.5) is 0 Å². The van der Waals surface area contributed by atoms with Crippen molar-refractivity contribution in [2.75, 3.05) is 0 Å². The van der Waals surface area contributed by atoms with Gasteiger partial charge in [0.1, 0.15) is 0 Å². The van der Waals surface area contributed by atoms with E-state index in [-0.39, 0.29) is 0 Å². The number of nitrogens with zero attached hydrogens (tertiary/aromatic N) is 4. The van der Waals surface area contributed by atoms with Gasteiger partial charge >= 0.3 is 0 Å². The zero-order valence-electron chi connectivity index (χ0n) is 13.4. The average molecular weight is 342 g/mol. The Morgan fingerprint density at radius 2 is 2.04 bits per heavy atom. The van der Waals surface area contributed by atoms with Crippen molar-refractivity contribution in [2.45, 2.75) is 49.0 Å². The molecule has 0 aliphatic heterocycles. The molecule has 1 aromatic carbocycles. The Bertz CT molecular complexity index is 798. The van der Waals surface area contributed by atoms with Gasteiger partial charge in [0.05, 0.1) is 5.75 Å². The molecule has 6 nitrogen and oxygen atoms in total. The van der Waals surface area contributed by atoms with Gasteiger partial charge in [0.15, 0.2) is 5.82 Å². The van der Waals surface area contributed by atoms with Gasteiger partial charge in [-0.15, -0.1) is 10.2 Å². The van der Waals surface area contributed by atoms with Crippen LogP contribution in [0, 0.1) is 0 Å². The lowest BCUT2D eigenvalue weighted by Gasteiger charge is -2.08. The van der Waals surface area contributed by atoms with Crippen LogP contribution in [0.2, 0.25) is 0 Å². The minimum Gasteiger partial charge on any atom is -0.416 e. The SMILES string of the molecule is CC(Cc1nnc(SCc2noc(C3CC3)n2)o1)c1ccccc1. The van der Waals surface area contributed by atoms with Crippen molar-refractivity contribution >= 4 is 11.8 Å². The molecule has 0 spiro atoms. The molecular formula is C17H18N4O2S. The van der Waals surface area contributed by atoms with Gasteiger partial charge < -0.3 is 8.94 Å². The standard InChI is InChI=1S/C17H18N4O2S/c1-11(12-5-3-2-4-6-12)9-15-19-20-17(22-15)24-10-14-18-16(23-21-14)13-7-8-13/h2-6,11,13H,7-10H2,1H3. The van der Waals surface area contributed by atoms with Crippen LogP contribution in [0.3, 0.4) is 0 Å². The van der Waals surface area contributed by atoms with Crippen molar-refractivity contribution < 1.29 is 8.94 Å². The van der Waals surface area contributed by atoms with Crippen molar-refractivity contribution in [3.63, 3.8) is 0 Å². The molecule has 0 amide bonds. The summed E-state index contributed by atoms with van der Waals surface area (Å²) < 4.78 is 11.0. The van der Waals surface area contributed by atoms with E-state index < -0.39 is 0 Å². The molecule has 1 aliphatic carbocycles. The van der Waals surface area contributed by atoms with Crippen LogP contribution >= 0.6 is 11.8 Å². The first kappa shape index (κ1) is 15.4. The molecule has 0 N–H and O–H groups in total. The molecule has 3 aromatic rings. The summed E-state index contributed by atoms with van der Waals surface area (Å²) in [7, 11) is 0. The average Bonchev–Trinajstić information content (AvgIpc) is 3.19. The summed E-state index contributed by atoms with van der Waals surface area (Å²) >= 11 is 1.44. The van der Waals surface area contributed by atoms with E-state index in [9.17, 15) is 0 Å². The second kappa shape index (κ2) is 6.76. The third-order valence-corrected chi connectivity index (χ3v) is 4.85. The Kier molecular flexibility index (Phi) is 4.34. The molecule has 2 aromatic heterocycles. The minimum atomic E-state index is 0.336. The second-order valence-corrected chi connectivity index (χ2v) is 7.02. The molecule has 7 heteroatoms. The Balaban J connectivity index is 1.32. The molecule has 1 saturated carbocycles. The molecule has 2 heterocycles. The summed E-state index contributed by atoms with van der Waals surface area (Å²) in [5.41, 5.74) is 1.27. The fourth-order valence-electron chi connectivity index (χ4n) is 2.49. The van der Waals surface area contributed by atoms with E-state index in [0.29, 0.717) is 34.5 Å². The number of benzene rings is 1. The van der Waals surface area contributed by atoms with Crippen molar-refractivity contribution in [2.24, 2.45) is 0 Å². The maximum absolute atomic E-state index is 5.72. The first-order valence-corrected chi connectivity index (χ1v) is 9.09. The topological polar surface area (TPSA) is 77.8 Å². The summed E-state index contributed by atoms with van der Waals surface area (Å²) in [5.74, 6) is 3.48. The van der Waals surface area contributed by atoms with Gasteiger partial charge in [-0.1, -0.05) is 54.2 Å². The molecule has 24 heavy (non-hydrogen) atoms. The number of hydrogen-bond donors (Lipinski definition) is 0. The summed E-state index contributed by atoms with van der Waals surface area (Å²) in [5, 5.41) is 12.8. The van der Waals surface area contributed by atoms with Gasteiger partial charge in [0.2, 0.25) is 11.8 Å². The quantitative estimate of drug-likeness (QED) is 0.601. The highest BCUT2D eigenvalue weighted by molar-refractivity contribution is 7.98. The van der Waals surface area contributed by atoms with E-state index in [0.717, 1.165) is 25.2 Å². The van der Waals surface area contributed by atoms with E-state index in [1.165, 1.54) is 17.3 Å². The van der Waals surface area contributed by atoms with Crippen molar-refractivity contribution in [1.82, 2.24) is 20.3 Å². The Morgan fingerprint density at radius 3 is 2.83 bits per heavy atom. The maximum atomic E-state index is 5.72. The molecule has 1 aliphatic rings. The molecule has 1 atom stereocenters. The Morgan fingerprint density at radius 1 is 1.21 bits per heavy atom. The number of rotatable bonds is 7. The summed E-state index contributed by atoms with van der Waals surface area (Å²) in [6, 6.07) is 10.3. The lowest BCUT2D eigenvalue weighted by atomic mass is 9.98. The van der Waals surface area contributed by atoms with Crippen LogP contribution in [0.25, 0.3) is 0 Å². The monoisotopic (exact) mass is 342 g/mol. The second-order valence-electron chi connectivity index (χ2n) is 6.09. The molecule has 124 valence electrons. The third-order valence-electron chi connectivity index (χ3n) is 4.03. The normalized spacial score (nSPS) is 15.5. The summed E-state index contributed by atoms with van der Waals surface area (Å²) in [6.45, 7) is 2.16. The summed E-state index contributed by atoms with van der Waals surface area (Å²) in [6.07, 6.45) is 3.04. The molecule has 1 unspecified atom stereocenters. The molecule has 0 radical (unpaired) electrons. The highest BCUT2D eigenvalue weighted by Crippen LogP contribution is 2.39. The molecule has 4 rings (SSSR count). The molecule has 0 bridgehead atoms. The van der Waals surface area contributed by atoms with Crippen LogP contribution in [0.15, 0.2) is 44.5 Å². The predicted molar refractivity (Wildman–Crippen MR) is 88.7 cm³/mol. The predicted octanol–water partition coefficient (Wildman–Crippen LogP) is 3.97. The van der Waals surface area contributed by atoms with Gasteiger partial charge in [-0.2, -0.15) is 4.98 Å². The Hall–Kier alpha value is -2.15. The van der Waals surface area contributed by atoms with E-state index >= 15 is 0 Å². The first-order valence-electron chi connectivity index (χ1n) is 8.10. The lowest BCUT2D eigenvalue weighted by Crippen LogP contribution is -1.98. The zero-order valence-corrected chi connectivity index (χ0v) is 14.2. The van der Waals surface area contributed by atoms with E-state index in [1.807, 2.05) is 18.2 Å². The zero-order chi connectivity index (χ0) is 16.4. The van der Waals surface area contributed by atoms with E-state index in [1.54, 1.807) is 0 Å². The van der Waals surface area contributed by atoms with Crippen LogP contribution in [-0.4, -0.2) is 20.3 Å². The largest absolute Gasteiger partial charge is 0.416 e. The van der Waals surface area contributed by atoms with Crippen molar-refractivity contribution in [3.8, 4) is 0 Å². The van der Waals surface area contributed by atoms with Gasteiger partial charge in [-0.25, -0.2) is 0 Å². The smallest absolute Gasteiger partial charge is 0.277 e. The van der Waals surface area contributed by atoms with E-state index in [4.69, 9.17) is 8.94 Å². The van der Waals surface area contributed by atoms with Gasteiger partial charge in [-0.3, -0.25) is 0 Å². The molecular weight excluding hydrogens is 324 g/mol. The minimum absolute atomic E-state index is 0.336. The first-order chi connectivity index (χ1) is 11.8. The van der Waals surface area contributed by atoms with Crippen molar-refractivity contribution in [1.29, 1.82) is 0 Å². The highest BCUT2D eigenvalue weighted by atomic mass is 32.2. The van der Waals surface area contributed by atoms with Crippen LogP contribution < -0.4 is 0 Å². The van der Waals surface area contributed by atoms with Crippen LogP contribution in [-0.2, 0) is 12.2 Å². The number of thioether (sulfide) groups is 1. The van der Waals surface area contributed by atoms with Gasteiger partial charge in [0.25, 0.3) is 5.22 Å². The third kappa shape index (κ3) is 3.67.